The van der Waals surface area contributed by atoms with Crippen molar-refractivity contribution in [2.24, 2.45) is 0 Å². The molecule has 0 saturated carbocycles. The highest BCUT2D eigenvalue weighted by molar-refractivity contribution is 5.71. The molecule has 0 amide bonds. The van der Waals surface area contributed by atoms with Crippen LogP contribution in [0.1, 0.15) is 226 Å². The molecule has 0 aromatic carbocycles. The summed E-state index contributed by atoms with van der Waals surface area (Å²) in [5.74, 6) is -0.919. The summed E-state index contributed by atoms with van der Waals surface area (Å²) in [6, 6.07) is 0. The van der Waals surface area contributed by atoms with Gasteiger partial charge in [-0.25, -0.2) is 0 Å². The Kier molecular flexibility index (Phi) is 43.5. The van der Waals surface area contributed by atoms with E-state index in [2.05, 4.69) is 81.5 Å². The van der Waals surface area contributed by atoms with Crippen LogP contribution in [0.4, 0.5) is 0 Å². The van der Waals surface area contributed by atoms with E-state index in [1.54, 1.807) is 0 Å². The molecule has 0 heterocycles. The van der Waals surface area contributed by atoms with Gasteiger partial charge in [-0.1, -0.05) is 204 Å². The monoisotopic (exact) mass is 797 g/mol. The van der Waals surface area contributed by atoms with Crippen LogP contribution < -0.4 is 0 Å². The van der Waals surface area contributed by atoms with E-state index in [1.165, 1.54) is 89.9 Å². The maximum atomic E-state index is 12.7. The normalized spacial score (nSPS) is 12.5. The Hall–Kier alpha value is -2.89. The fourth-order valence-electron chi connectivity index (χ4n) is 6.47. The molecule has 0 bridgehead atoms. The maximum absolute atomic E-state index is 12.7. The molecule has 0 N–H and O–H groups in total. The third-order valence-corrected chi connectivity index (χ3v) is 10.0. The van der Waals surface area contributed by atoms with Gasteiger partial charge in [0.2, 0.25) is 0 Å². The lowest BCUT2D eigenvalue weighted by Gasteiger charge is -2.18. The van der Waals surface area contributed by atoms with Crippen LogP contribution in [0.3, 0.4) is 0 Å². The quantitative estimate of drug-likeness (QED) is 0.0265. The van der Waals surface area contributed by atoms with Crippen LogP contribution in [0.15, 0.2) is 60.8 Å². The summed E-state index contributed by atoms with van der Waals surface area (Å²) in [6.07, 6.45) is 54.9. The van der Waals surface area contributed by atoms with E-state index < -0.39 is 6.10 Å². The summed E-state index contributed by atoms with van der Waals surface area (Å²) in [5.41, 5.74) is 0. The molecule has 0 aromatic heterocycles. The number of hydrogen-bond acceptors (Lipinski definition) is 6. The lowest BCUT2D eigenvalue weighted by molar-refractivity contribution is -0.167. The van der Waals surface area contributed by atoms with Gasteiger partial charge in [0.25, 0.3) is 0 Å². The molecule has 6 heteroatoms. The summed E-state index contributed by atoms with van der Waals surface area (Å²) < 4.78 is 16.7. The molecule has 0 aliphatic heterocycles. The number of unbranched alkanes of at least 4 members (excludes halogenated alkanes) is 21. The van der Waals surface area contributed by atoms with Crippen LogP contribution in [0.2, 0.25) is 0 Å². The summed E-state index contributed by atoms with van der Waals surface area (Å²) >= 11 is 0. The van der Waals surface area contributed by atoms with Gasteiger partial charge >= 0.3 is 17.9 Å². The van der Waals surface area contributed by atoms with Gasteiger partial charge in [0, 0.05) is 19.3 Å². The zero-order chi connectivity index (χ0) is 41.5. The van der Waals surface area contributed by atoms with E-state index in [-0.39, 0.29) is 31.1 Å². The average molecular weight is 797 g/mol. The van der Waals surface area contributed by atoms with Gasteiger partial charge in [-0.2, -0.15) is 0 Å². The Bertz CT molecular complexity index is 1050. The molecular weight excluding hydrogens is 709 g/mol. The maximum Gasteiger partial charge on any atom is 0.306 e. The zero-order valence-electron chi connectivity index (χ0n) is 37.3. The van der Waals surface area contributed by atoms with Gasteiger partial charge < -0.3 is 14.2 Å². The van der Waals surface area contributed by atoms with E-state index in [9.17, 15) is 14.4 Å². The van der Waals surface area contributed by atoms with Crippen molar-refractivity contribution in [3.63, 3.8) is 0 Å². The van der Waals surface area contributed by atoms with E-state index in [0.717, 1.165) is 96.3 Å². The number of allylic oxidation sites excluding steroid dienone is 10. The minimum absolute atomic E-state index is 0.0824. The van der Waals surface area contributed by atoms with E-state index in [1.807, 2.05) is 0 Å². The van der Waals surface area contributed by atoms with Crippen LogP contribution >= 0.6 is 0 Å². The van der Waals surface area contributed by atoms with Crippen LogP contribution in [-0.2, 0) is 28.6 Å². The van der Waals surface area contributed by atoms with Gasteiger partial charge in [0.1, 0.15) is 13.2 Å². The van der Waals surface area contributed by atoms with Crippen molar-refractivity contribution in [3.8, 4) is 0 Å². The Morgan fingerprint density at radius 2 is 0.684 bits per heavy atom. The number of carbonyl (C=O) groups excluding carboxylic acids is 3. The first kappa shape index (κ1) is 54.1. The number of ether oxygens (including phenoxy) is 3. The Labute approximate surface area is 351 Å². The standard InChI is InChI=1S/C51H88O6/c1-4-7-10-13-16-19-22-23-24-25-26-27-28-29-30-33-35-38-41-44-50(53)56-47-48(57-51(54)45-42-39-36-32-21-18-15-12-9-6-3)46-55-49(52)43-40-37-34-31-20-17-14-11-8-5-2/h7,10,16,19,23-24,26-27,29-30,48H,4-6,8-9,11-15,17-18,20-22,25,28,31-47H2,1-3H3/b10-7-,19-16-,24-23-,27-26-,30-29-/t48-/m1/s1. The number of rotatable bonds is 42. The summed E-state index contributed by atoms with van der Waals surface area (Å²) in [5, 5.41) is 0. The minimum Gasteiger partial charge on any atom is -0.462 e. The molecule has 0 aliphatic carbocycles. The van der Waals surface area contributed by atoms with Gasteiger partial charge in [0.05, 0.1) is 0 Å². The minimum atomic E-state index is -0.781. The molecule has 328 valence electrons. The van der Waals surface area contributed by atoms with Crippen LogP contribution in [0.25, 0.3) is 0 Å². The molecule has 0 fully saturated rings. The third kappa shape index (κ3) is 44.1. The van der Waals surface area contributed by atoms with Crippen molar-refractivity contribution >= 4 is 17.9 Å². The molecule has 0 aromatic rings. The molecule has 57 heavy (non-hydrogen) atoms. The van der Waals surface area contributed by atoms with Crippen molar-refractivity contribution in [1.82, 2.24) is 0 Å². The van der Waals surface area contributed by atoms with Crippen LogP contribution in [0.5, 0.6) is 0 Å². The largest absolute Gasteiger partial charge is 0.462 e. The SMILES string of the molecule is CC/C=C\C/C=C\C/C=C\C/C=C\C/C=C\CCCCCC(=O)OC[C@@H](COC(=O)CCCCCCCCCCCC)OC(=O)CCCCCCCCCCCC. The average Bonchev–Trinajstić information content (AvgIpc) is 3.21. The highest BCUT2D eigenvalue weighted by Gasteiger charge is 2.19. The Balaban J connectivity index is 4.37. The first-order valence-electron chi connectivity index (χ1n) is 23.8. The summed E-state index contributed by atoms with van der Waals surface area (Å²) in [6.45, 7) is 6.46. The van der Waals surface area contributed by atoms with Gasteiger partial charge in [0.15, 0.2) is 6.10 Å². The van der Waals surface area contributed by atoms with Crippen molar-refractivity contribution in [2.75, 3.05) is 13.2 Å². The first-order chi connectivity index (χ1) is 28.0. The smallest absolute Gasteiger partial charge is 0.306 e. The zero-order valence-corrected chi connectivity index (χ0v) is 37.3. The number of esters is 3. The summed E-state index contributed by atoms with van der Waals surface area (Å²) in [7, 11) is 0. The van der Waals surface area contributed by atoms with Crippen molar-refractivity contribution in [1.29, 1.82) is 0 Å². The molecule has 0 aliphatic rings. The topological polar surface area (TPSA) is 78.9 Å². The van der Waals surface area contributed by atoms with Gasteiger partial charge in [-0.05, 0) is 64.2 Å². The molecule has 0 saturated heterocycles. The molecule has 0 unspecified atom stereocenters. The van der Waals surface area contributed by atoms with Crippen molar-refractivity contribution in [2.45, 2.75) is 232 Å². The molecule has 0 spiro atoms. The molecule has 0 radical (unpaired) electrons. The Morgan fingerprint density at radius 3 is 1.07 bits per heavy atom. The van der Waals surface area contributed by atoms with E-state index in [4.69, 9.17) is 14.2 Å². The predicted molar refractivity (Wildman–Crippen MR) is 242 cm³/mol. The van der Waals surface area contributed by atoms with Crippen LogP contribution in [0, 0.1) is 0 Å². The lowest BCUT2D eigenvalue weighted by Crippen LogP contribution is -2.30. The second-order valence-electron chi connectivity index (χ2n) is 15.6. The van der Waals surface area contributed by atoms with Crippen LogP contribution in [-0.4, -0.2) is 37.2 Å². The predicted octanol–water partition coefficient (Wildman–Crippen LogP) is 15.3. The molecule has 6 nitrogen and oxygen atoms in total. The van der Waals surface area contributed by atoms with Gasteiger partial charge in [-0.15, -0.1) is 0 Å². The third-order valence-electron chi connectivity index (χ3n) is 10.0. The summed E-state index contributed by atoms with van der Waals surface area (Å²) in [4.78, 5) is 37.7. The lowest BCUT2D eigenvalue weighted by atomic mass is 10.1. The highest BCUT2D eigenvalue weighted by Crippen LogP contribution is 2.14. The van der Waals surface area contributed by atoms with Crippen molar-refractivity contribution < 1.29 is 28.6 Å². The fraction of sp³-hybridized carbons (Fsp3) is 0.745. The molecule has 0 rings (SSSR count). The second-order valence-corrected chi connectivity index (χ2v) is 15.6. The van der Waals surface area contributed by atoms with Gasteiger partial charge in [-0.3, -0.25) is 14.4 Å². The first-order valence-corrected chi connectivity index (χ1v) is 23.8. The molecular formula is C51H88O6. The molecule has 1 atom stereocenters. The van der Waals surface area contributed by atoms with E-state index in [0.29, 0.717) is 19.3 Å². The second kappa shape index (κ2) is 45.8. The number of hydrogen-bond donors (Lipinski definition) is 0. The fourth-order valence-corrected chi connectivity index (χ4v) is 6.47. The van der Waals surface area contributed by atoms with E-state index >= 15 is 0 Å². The van der Waals surface area contributed by atoms with Crippen molar-refractivity contribution in [3.05, 3.63) is 60.8 Å². The number of carbonyl (C=O) groups is 3. The Morgan fingerprint density at radius 1 is 0.368 bits per heavy atom. The highest BCUT2D eigenvalue weighted by atomic mass is 16.6.